The van der Waals surface area contributed by atoms with Crippen LogP contribution >= 0.6 is 11.3 Å². The second kappa shape index (κ2) is 10.4. The Kier molecular flexibility index (Phi) is 7.41. The van der Waals surface area contributed by atoms with Gasteiger partial charge in [-0.15, -0.1) is 11.3 Å². The van der Waals surface area contributed by atoms with E-state index in [0.717, 1.165) is 16.1 Å². The molecule has 1 aromatic heterocycles. The van der Waals surface area contributed by atoms with E-state index in [4.69, 9.17) is 4.74 Å². The first kappa shape index (κ1) is 20.6. The lowest BCUT2D eigenvalue weighted by molar-refractivity contribution is -0.116. The van der Waals surface area contributed by atoms with Gasteiger partial charge in [0.1, 0.15) is 5.75 Å². The summed E-state index contributed by atoms with van der Waals surface area (Å²) in [4.78, 5) is 25.8. The van der Waals surface area contributed by atoms with Crippen LogP contribution in [0.15, 0.2) is 66.0 Å². The summed E-state index contributed by atoms with van der Waals surface area (Å²) in [5.41, 5.74) is 2.31. The van der Waals surface area contributed by atoms with Crippen LogP contribution in [0.4, 0.5) is 5.69 Å². The van der Waals surface area contributed by atoms with Crippen molar-refractivity contribution in [3.8, 4) is 16.2 Å². The van der Waals surface area contributed by atoms with E-state index in [1.54, 1.807) is 29.5 Å². The predicted octanol–water partition coefficient (Wildman–Crippen LogP) is 4.96. The molecule has 3 rings (SSSR count). The van der Waals surface area contributed by atoms with Gasteiger partial charge in [-0.05, 0) is 43.0 Å². The van der Waals surface area contributed by atoms with Crippen LogP contribution < -0.4 is 15.4 Å². The van der Waals surface area contributed by atoms with E-state index < -0.39 is 0 Å². The van der Waals surface area contributed by atoms with E-state index in [9.17, 15) is 9.59 Å². The van der Waals surface area contributed by atoms with Crippen molar-refractivity contribution in [2.75, 3.05) is 18.5 Å². The monoisotopic (exact) mass is 408 g/mol. The molecule has 0 saturated heterocycles. The van der Waals surface area contributed by atoms with Crippen molar-refractivity contribution in [1.82, 2.24) is 5.32 Å². The molecule has 0 radical (unpaired) electrons. The van der Waals surface area contributed by atoms with E-state index in [2.05, 4.69) is 10.6 Å². The van der Waals surface area contributed by atoms with E-state index in [1.807, 2.05) is 54.8 Å². The molecular formula is C23H24N2O3S. The summed E-state index contributed by atoms with van der Waals surface area (Å²) in [7, 11) is 0. The van der Waals surface area contributed by atoms with Crippen molar-refractivity contribution >= 4 is 28.8 Å². The summed E-state index contributed by atoms with van der Waals surface area (Å²) in [6.07, 6.45) is 0.877. The highest BCUT2D eigenvalue weighted by atomic mass is 32.1. The zero-order valence-electron chi connectivity index (χ0n) is 16.3. The number of benzene rings is 2. The van der Waals surface area contributed by atoms with Gasteiger partial charge >= 0.3 is 0 Å². The fourth-order valence-electron chi connectivity index (χ4n) is 2.93. The molecule has 1 heterocycles. The number of anilines is 1. The molecule has 0 bridgehead atoms. The smallest absolute Gasteiger partial charge is 0.255 e. The van der Waals surface area contributed by atoms with Crippen molar-refractivity contribution in [1.29, 1.82) is 0 Å². The Morgan fingerprint density at radius 1 is 1.00 bits per heavy atom. The quantitative estimate of drug-likeness (QED) is 0.492. The lowest BCUT2D eigenvalue weighted by Crippen LogP contribution is -2.26. The van der Waals surface area contributed by atoms with Gasteiger partial charge in [0.05, 0.1) is 12.2 Å². The first-order valence-corrected chi connectivity index (χ1v) is 10.5. The molecule has 2 aromatic carbocycles. The average molecular weight is 409 g/mol. The summed E-state index contributed by atoms with van der Waals surface area (Å²) >= 11 is 1.64. The van der Waals surface area contributed by atoms with Gasteiger partial charge in [0.25, 0.3) is 5.91 Å². The minimum atomic E-state index is -0.197. The van der Waals surface area contributed by atoms with Crippen LogP contribution in [0.25, 0.3) is 10.4 Å². The Balaban J connectivity index is 1.48. The number of carbonyl (C=O) groups is 2. The van der Waals surface area contributed by atoms with Gasteiger partial charge in [-0.2, -0.15) is 0 Å². The van der Waals surface area contributed by atoms with Crippen molar-refractivity contribution in [2.24, 2.45) is 0 Å². The summed E-state index contributed by atoms with van der Waals surface area (Å²) in [5, 5.41) is 7.85. The van der Waals surface area contributed by atoms with Crippen LogP contribution in [-0.4, -0.2) is 25.0 Å². The molecular weight excluding hydrogens is 384 g/mol. The number of para-hydroxylation sites is 2. The molecule has 0 fully saturated rings. The maximum absolute atomic E-state index is 12.4. The fraction of sp³-hybridized carbons (Fsp3) is 0.217. The summed E-state index contributed by atoms with van der Waals surface area (Å²) in [6, 6.07) is 18.9. The third-order valence-corrected chi connectivity index (χ3v) is 5.19. The molecule has 0 spiro atoms. The second-order valence-electron chi connectivity index (χ2n) is 6.36. The van der Waals surface area contributed by atoms with Gasteiger partial charge in [0.15, 0.2) is 0 Å². The van der Waals surface area contributed by atoms with Crippen LogP contribution in [0.5, 0.6) is 5.75 Å². The minimum Gasteiger partial charge on any atom is -0.493 e. The van der Waals surface area contributed by atoms with E-state index >= 15 is 0 Å². The normalized spacial score (nSPS) is 10.4. The molecule has 0 aliphatic rings. The second-order valence-corrected chi connectivity index (χ2v) is 7.31. The molecule has 29 heavy (non-hydrogen) atoms. The Hall–Kier alpha value is -3.12. The zero-order valence-corrected chi connectivity index (χ0v) is 17.1. The van der Waals surface area contributed by atoms with Gasteiger partial charge in [0.2, 0.25) is 5.91 Å². The molecule has 0 atom stereocenters. The van der Waals surface area contributed by atoms with Crippen LogP contribution in [0.1, 0.15) is 30.1 Å². The molecule has 0 unspecified atom stereocenters. The van der Waals surface area contributed by atoms with Gasteiger partial charge in [-0.25, -0.2) is 0 Å². The Bertz CT molecular complexity index is 954. The fourth-order valence-corrected chi connectivity index (χ4v) is 3.70. The van der Waals surface area contributed by atoms with Crippen LogP contribution in [0.3, 0.4) is 0 Å². The number of nitrogens with one attached hydrogen (secondary N) is 2. The third kappa shape index (κ3) is 5.68. The van der Waals surface area contributed by atoms with E-state index in [0.29, 0.717) is 37.3 Å². The Morgan fingerprint density at radius 2 is 1.79 bits per heavy atom. The van der Waals surface area contributed by atoms with Gasteiger partial charge in [0, 0.05) is 29.1 Å². The standard InChI is InChI=1S/C23H24N2O3S/c1-2-28-20-12-6-4-10-18(20)23(27)24-15-7-14-22(26)25-19-11-5-3-9-17(19)21-13-8-16-29-21/h3-6,8-13,16H,2,7,14-15H2,1H3,(H,24,27)(H,25,26). The lowest BCUT2D eigenvalue weighted by atomic mass is 10.1. The average Bonchev–Trinajstić information content (AvgIpc) is 3.27. The van der Waals surface area contributed by atoms with Crippen molar-refractivity contribution < 1.29 is 14.3 Å². The topological polar surface area (TPSA) is 67.4 Å². The largest absolute Gasteiger partial charge is 0.493 e. The number of carbonyl (C=O) groups excluding carboxylic acids is 2. The highest BCUT2D eigenvalue weighted by molar-refractivity contribution is 7.13. The predicted molar refractivity (Wildman–Crippen MR) is 118 cm³/mol. The number of ether oxygens (including phenoxy) is 1. The number of hydrogen-bond donors (Lipinski definition) is 2. The maximum Gasteiger partial charge on any atom is 0.255 e. The number of thiophene rings is 1. The molecule has 0 aliphatic carbocycles. The van der Waals surface area contributed by atoms with E-state index in [-0.39, 0.29) is 11.8 Å². The summed E-state index contributed by atoms with van der Waals surface area (Å²) in [5.74, 6) is 0.297. The van der Waals surface area contributed by atoms with Gasteiger partial charge in [-0.1, -0.05) is 36.4 Å². The highest BCUT2D eigenvalue weighted by Gasteiger charge is 2.12. The third-order valence-electron chi connectivity index (χ3n) is 4.29. The number of amides is 2. The van der Waals surface area contributed by atoms with Crippen LogP contribution in [-0.2, 0) is 4.79 Å². The molecule has 0 saturated carbocycles. The van der Waals surface area contributed by atoms with E-state index in [1.165, 1.54) is 0 Å². The number of rotatable bonds is 9. The number of hydrogen-bond acceptors (Lipinski definition) is 4. The first-order chi connectivity index (χ1) is 14.2. The van der Waals surface area contributed by atoms with Crippen molar-refractivity contribution in [3.63, 3.8) is 0 Å². The van der Waals surface area contributed by atoms with Crippen LogP contribution in [0.2, 0.25) is 0 Å². The summed E-state index contributed by atoms with van der Waals surface area (Å²) < 4.78 is 5.49. The first-order valence-electron chi connectivity index (χ1n) is 9.62. The SMILES string of the molecule is CCOc1ccccc1C(=O)NCCCC(=O)Nc1ccccc1-c1cccs1. The Labute approximate surface area is 174 Å². The molecule has 2 N–H and O–H groups in total. The molecule has 3 aromatic rings. The molecule has 2 amide bonds. The van der Waals surface area contributed by atoms with Gasteiger partial charge in [-0.3, -0.25) is 9.59 Å². The Morgan fingerprint density at radius 3 is 2.59 bits per heavy atom. The van der Waals surface area contributed by atoms with Gasteiger partial charge < -0.3 is 15.4 Å². The van der Waals surface area contributed by atoms with Crippen LogP contribution in [0, 0.1) is 0 Å². The zero-order chi connectivity index (χ0) is 20.5. The molecule has 150 valence electrons. The molecule has 5 nitrogen and oxygen atoms in total. The molecule has 0 aliphatic heterocycles. The molecule has 6 heteroatoms. The van der Waals surface area contributed by atoms with Crippen molar-refractivity contribution in [3.05, 3.63) is 71.6 Å². The maximum atomic E-state index is 12.4. The van der Waals surface area contributed by atoms with Crippen molar-refractivity contribution in [2.45, 2.75) is 19.8 Å². The summed E-state index contributed by atoms with van der Waals surface area (Å²) in [6.45, 7) is 2.79. The highest BCUT2D eigenvalue weighted by Crippen LogP contribution is 2.31. The minimum absolute atomic E-state index is 0.0713. The lowest BCUT2D eigenvalue weighted by Gasteiger charge is -2.11.